The first-order chi connectivity index (χ1) is 12.4. The second-order valence-electron chi connectivity index (χ2n) is 6.52. The molecule has 0 bridgehead atoms. The zero-order valence-electron chi connectivity index (χ0n) is 15.1. The molecule has 1 fully saturated rings. The molecular weight excluding hydrogens is 402 g/mol. The molecule has 2 rings (SSSR count). The summed E-state index contributed by atoms with van der Waals surface area (Å²) < 4.78 is 11.0. The summed E-state index contributed by atoms with van der Waals surface area (Å²) in [6.07, 6.45) is 2.02. The van der Waals surface area contributed by atoms with Gasteiger partial charge in [-0.05, 0) is 37.0 Å². The zero-order valence-corrected chi connectivity index (χ0v) is 16.7. The van der Waals surface area contributed by atoms with Crippen LogP contribution in [0.2, 0.25) is 0 Å². The van der Waals surface area contributed by atoms with Gasteiger partial charge >= 0.3 is 5.97 Å². The Morgan fingerprint density at radius 3 is 2.73 bits per heavy atom. The summed E-state index contributed by atoms with van der Waals surface area (Å²) in [4.78, 5) is 38.0. The lowest BCUT2D eigenvalue weighted by Crippen LogP contribution is -2.41. The van der Waals surface area contributed by atoms with E-state index in [-0.39, 0.29) is 31.1 Å². The summed E-state index contributed by atoms with van der Waals surface area (Å²) in [5.41, 5.74) is 0.410. The number of carbonyl (C=O) groups excluding carboxylic acids is 3. The van der Waals surface area contributed by atoms with E-state index in [9.17, 15) is 14.4 Å². The van der Waals surface area contributed by atoms with Gasteiger partial charge in [-0.25, -0.2) is 0 Å². The van der Waals surface area contributed by atoms with Crippen molar-refractivity contribution in [2.24, 2.45) is 5.92 Å². The average Bonchev–Trinajstić information content (AvgIpc) is 2.64. The smallest absolute Gasteiger partial charge is 0.306 e. The Morgan fingerprint density at radius 1 is 1.27 bits per heavy atom. The first kappa shape index (κ1) is 20.4. The van der Waals surface area contributed by atoms with Crippen molar-refractivity contribution in [2.45, 2.75) is 32.6 Å². The van der Waals surface area contributed by atoms with Crippen LogP contribution in [-0.2, 0) is 14.3 Å². The van der Waals surface area contributed by atoms with Crippen LogP contribution < -0.4 is 4.74 Å². The van der Waals surface area contributed by atoms with Gasteiger partial charge in [0.2, 0.25) is 0 Å². The van der Waals surface area contributed by atoms with Crippen LogP contribution in [0.15, 0.2) is 22.7 Å². The Labute approximate surface area is 162 Å². The van der Waals surface area contributed by atoms with Crippen LogP contribution in [0.4, 0.5) is 0 Å². The highest BCUT2D eigenvalue weighted by molar-refractivity contribution is 9.10. The highest BCUT2D eigenvalue weighted by atomic mass is 79.9. The van der Waals surface area contributed by atoms with Gasteiger partial charge in [0.05, 0.1) is 19.1 Å². The van der Waals surface area contributed by atoms with Crippen LogP contribution in [0, 0.1) is 5.92 Å². The van der Waals surface area contributed by atoms with Gasteiger partial charge in [-0.3, -0.25) is 14.4 Å². The van der Waals surface area contributed by atoms with Gasteiger partial charge in [0.15, 0.2) is 12.4 Å². The number of methoxy groups -OCH3 is 1. The van der Waals surface area contributed by atoms with Crippen molar-refractivity contribution in [3.05, 3.63) is 28.2 Å². The van der Waals surface area contributed by atoms with E-state index in [4.69, 9.17) is 9.47 Å². The molecule has 0 aliphatic carbocycles. The first-order valence-electron chi connectivity index (χ1n) is 8.71. The summed E-state index contributed by atoms with van der Waals surface area (Å²) in [5, 5.41) is 0. The minimum absolute atomic E-state index is 0.000581. The number of hydrogen-bond acceptors (Lipinski definition) is 5. The predicted octanol–water partition coefficient (Wildman–Crippen LogP) is 3.22. The van der Waals surface area contributed by atoms with E-state index >= 15 is 0 Å². The molecule has 1 aliphatic rings. The number of carbonyl (C=O) groups is 3. The van der Waals surface area contributed by atoms with Crippen LogP contribution in [0.3, 0.4) is 0 Å². The van der Waals surface area contributed by atoms with Crippen molar-refractivity contribution in [3.8, 4) is 5.75 Å². The third-order valence-electron chi connectivity index (χ3n) is 4.38. The minimum atomic E-state index is -0.550. The number of likely N-dealkylation sites (tertiary alicyclic amines) is 1. The lowest BCUT2D eigenvalue weighted by molar-refractivity contribution is -0.152. The van der Waals surface area contributed by atoms with Gasteiger partial charge in [0, 0.05) is 24.0 Å². The molecule has 1 atom stereocenters. The zero-order chi connectivity index (χ0) is 19.1. The predicted molar refractivity (Wildman–Crippen MR) is 100 cm³/mol. The minimum Gasteiger partial charge on any atom is -0.496 e. The molecule has 1 saturated heterocycles. The molecule has 0 radical (unpaired) electrons. The number of ether oxygens (including phenoxy) is 2. The SMILES string of the molecule is COc1ccc(Br)cc1C(=O)CCC(=O)OCC(=O)N1CCCC(C)C1. The van der Waals surface area contributed by atoms with Crippen LogP contribution in [0.1, 0.15) is 43.0 Å². The summed E-state index contributed by atoms with van der Waals surface area (Å²) in [6.45, 7) is 3.26. The number of amides is 1. The number of esters is 1. The normalized spacial score (nSPS) is 16.9. The molecule has 1 aromatic carbocycles. The molecule has 7 heteroatoms. The molecule has 0 N–H and O–H groups in total. The Balaban J connectivity index is 1.79. The van der Waals surface area contributed by atoms with E-state index in [1.165, 1.54) is 7.11 Å². The standard InChI is InChI=1S/C19H24BrNO5/c1-13-4-3-9-21(11-13)18(23)12-26-19(24)8-6-16(22)15-10-14(20)5-7-17(15)25-2/h5,7,10,13H,3-4,6,8-9,11-12H2,1-2H3. The number of piperidine rings is 1. The summed E-state index contributed by atoms with van der Waals surface area (Å²) in [7, 11) is 1.49. The molecule has 1 unspecified atom stereocenters. The van der Waals surface area contributed by atoms with Crippen LogP contribution >= 0.6 is 15.9 Å². The van der Waals surface area contributed by atoms with E-state index in [0.29, 0.717) is 30.3 Å². The van der Waals surface area contributed by atoms with Crippen LogP contribution in [0.25, 0.3) is 0 Å². The summed E-state index contributed by atoms with van der Waals surface area (Å²) >= 11 is 3.32. The van der Waals surface area contributed by atoms with E-state index in [2.05, 4.69) is 22.9 Å². The molecule has 1 amide bonds. The average molecular weight is 426 g/mol. The molecular formula is C19H24BrNO5. The van der Waals surface area contributed by atoms with Crippen molar-refractivity contribution in [1.29, 1.82) is 0 Å². The summed E-state index contributed by atoms with van der Waals surface area (Å²) in [5.74, 6) is -0.00551. The number of benzene rings is 1. The van der Waals surface area contributed by atoms with Gasteiger partial charge in [0.1, 0.15) is 5.75 Å². The van der Waals surface area contributed by atoms with Crippen LogP contribution in [-0.4, -0.2) is 49.4 Å². The van der Waals surface area contributed by atoms with Gasteiger partial charge in [-0.2, -0.15) is 0 Å². The van der Waals surface area contributed by atoms with Crippen molar-refractivity contribution in [3.63, 3.8) is 0 Å². The van der Waals surface area contributed by atoms with E-state index in [1.807, 2.05) is 0 Å². The number of ketones is 1. The lowest BCUT2D eigenvalue weighted by Gasteiger charge is -2.30. The van der Waals surface area contributed by atoms with Gasteiger partial charge in [-0.1, -0.05) is 22.9 Å². The Morgan fingerprint density at radius 2 is 2.04 bits per heavy atom. The fraction of sp³-hybridized carbons (Fsp3) is 0.526. The van der Waals surface area contributed by atoms with Crippen molar-refractivity contribution in [2.75, 3.05) is 26.8 Å². The Hall–Kier alpha value is -1.89. The number of hydrogen-bond donors (Lipinski definition) is 0. The molecule has 0 aromatic heterocycles. The number of rotatable bonds is 7. The molecule has 142 valence electrons. The lowest BCUT2D eigenvalue weighted by atomic mass is 10.0. The van der Waals surface area contributed by atoms with Crippen molar-refractivity contribution in [1.82, 2.24) is 4.90 Å². The number of Topliss-reactive ketones (excluding diaryl/α,β-unsaturated/α-hetero) is 1. The monoisotopic (exact) mass is 425 g/mol. The van der Waals surface area contributed by atoms with E-state index in [1.54, 1.807) is 23.1 Å². The summed E-state index contributed by atoms with van der Waals surface area (Å²) in [6, 6.07) is 5.12. The second-order valence-corrected chi connectivity index (χ2v) is 7.43. The third kappa shape index (κ3) is 5.83. The molecule has 1 aliphatic heterocycles. The molecule has 0 saturated carbocycles. The van der Waals surface area contributed by atoms with E-state index in [0.717, 1.165) is 17.3 Å². The maximum Gasteiger partial charge on any atom is 0.306 e. The topological polar surface area (TPSA) is 72.9 Å². The molecule has 0 spiro atoms. The van der Waals surface area contributed by atoms with Crippen molar-refractivity contribution >= 4 is 33.6 Å². The van der Waals surface area contributed by atoms with Crippen LogP contribution in [0.5, 0.6) is 5.75 Å². The second kappa shape index (κ2) is 9.71. The number of halogens is 1. The van der Waals surface area contributed by atoms with Gasteiger partial charge in [-0.15, -0.1) is 0 Å². The maximum atomic E-state index is 12.3. The quantitative estimate of drug-likeness (QED) is 0.495. The highest BCUT2D eigenvalue weighted by Crippen LogP contribution is 2.24. The largest absolute Gasteiger partial charge is 0.496 e. The molecule has 6 nitrogen and oxygen atoms in total. The van der Waals surface area contributed by atoms with E-state index < -0.39 is 5.97 Å². The Kier molecular flexibility index (Phi) is 7.63. The molecule has 1 heterocycles. The third-order valence-corrected chi connectivity index (χ3v) is 4.88. The van der Waals surface area contributed by atoms with Gasteiger partial charge in [0.25, 0.3) is 5.91 Å². The molecule has 26 heavy (non-hydrogen) atoms. The first-order valence-corrected chi connectivity index (χ1v) is 9.50. The molecule has 1 aromatic rings. The highest BCUT2D eigenvalue weighted by Gasteiger charge is 2.22. The van der Waals surface area contributed by atoms with Gasteiger partial charge < -0.3 is 14.4 Å². The Bertz CT molecular complexity index is 676. The maximum absolute atomic E-state index is 12.3. The van der Waals surface area contributed by atoms with Crippen molar-refractivity contribution < 1.29 is 23.9 Å². The fourth-order valence-corrected chi connectivity index (χ4v) is 3.33. The fourth-order valence-electron chi connectivity index (χ4n) is 2.97. The number of nitrogens with zero attached hydrogens (tertiary/aromatic N) is 1.